The second kappa shape index (κ2) is 12.4. The minimum atomic E-state index is -4.32. The van der Waals surface area contributed by atoms with Gasteiger partial charge in [0.1, 0.15) is 11.2 Å². The maximum atomic E-state index is 13.3. The number of carbonyl (C=O) groups excluding carboxylic acids is 2. The largest absolute Gasteiger partial charge is 0.443 e. The predicted octanol–water partition coefficient (Wildman–Crippen LogP) is 5.41. The molecule has 0 spiro atoms. The number of ether oxygens (including phenoxy) is 2. The van der Waals surface area contributed by atoms with Crippen LogP contribution >= 0.6 is 0 Å². The molecule has 2 rings (SSSR count). The molecule has 0 saturated heterocycles. The summed E-state index contributed by atoms with van der Waals surface area (Å²) in [6.45, 7) is 12.3. The van der Waals surface area contributed by atoms with Gasteiger partial charge in [-0.05, 0) is 79.7 Å². The van der Waals surface area contributed by atoms with Crippen molar-refractivity contribution < 1.29 is 35.9 Å². The lowest BCUT2D eigenvalue weighted by Crippen LogP contribution is -2.41. The number of benzene rings is 2. The predicted molar refractivity (Wildman–Crippen MR) is 152 cm³/mol. The average molecular weight is 595 g/mol. The van der Waals surface area contributed by atoms with E-state index in [1.54, 1.807) is 79.7 Å². The molecule has 0 aliphatic rings. The fraction of sp³-hybridized carbons (Fsp3) is 0.429. The van der Waals surface area contributed by atoms with Crippen LogP contribution in [0, 0.1) is 13.8 Å². The van der Waals surface area contributed by atoms with Gasteiger partial charge >= 0.3 is 12.2 Å². The molecule has 0 unspecified atom stereocenters. The first-order valence-electron chi connectivity index (χ1n) is 12.5. The lowest BCUT2D eigenvalue weighted by atomic mass is 10.2. The van der Waals surface area contributed by atoms with Gasteiger partial charge in [-0.2, -0.15) is 8.61 Å². The lowest BCUT2D eigenvalue weighted by Gasteiger charge is -2.27. The van der Waals surface area contributed by atoms with E-state index < -0.39 is 56.5 Å². The zero-order valence-electron chi connectivity index (χ0n) is 24.2. The van der Waals surface area contributed by atoms with Crippen LogP contribution in [0.25, 0.3) is 0 Å². The zero-order chi connectivity index (χ0) is 30.5. The van der Waals surface area contributed by atoms with E-state index in [2.05, 4.69) is 0 Å². The number of sulfonamides is 2. The molecule has 0 aromatic heterocycles. The zero-order valence-corrected chi connectivity index (χ0v) is 25.8. The summed E-state index contributed by atoms with van der Waals surface area (Å²) in [5, 5.41) is 0. The topological polar surface area (TPSA) is 127 Å². The highest BCUT2D eigenvalue weighted by atomic mass is 32.2. The molecule has 0 radical (unpaired) electrons. The Bertz CT molecular complexity index is 1320. The third-order valence-corrected chi connectivity index (χ3v) is 8.61. The normalized spacial score (nSPS) is 12.7. The number of rotatable bonds is 8. The van der Waals surface area contributed by atoms with Crippen molar-refractivity contribution in [2.45, 2.75) is 76.4 Å². The summed E-state index contributed by atoms with van der Waals surface area (Å²) in [4.78, 5) is 25.6. The van der Waals surface area contributed by atoms with Crippen LogP contribution in [0.2, 0.25) is 0 Å². The van der Waals surface area contributed by atoms with E-state index in [4.69, 9.17) is 9.47 Å². The number of hydrogen-bond donors (Lipinski definition) is 0. The summed E-state index contributed by atoms with van der Waals surface area (Å²) >= 11 is 0. The van der Waals surface area contributed by atoms with Gasteiger partial charge in [-0.1, -0.05) is 47.5 Å². The monoisotopic (exact) mass is 594 g/mol. The van der Waals surface area contributed by atoms with Gasteiger partial charge in [0.25, 0.3) is 20.0 Å². The van der Waals surface area contributed by atoms with Crippen LogP contribution in [0.15, 0.2) is 70.5 Å². The first kappa shape index (κ1) is 32.8. The van der Waals surface area contributed by atoms with E-state index in [1.807, 2.05) is 0 Å². The van der Waals surface area contributed by atoms with Crippen molar-refractivity contribution >= 4 is 32.2 Å². The van der Waals surface area contributed by atoms with Crippen molar-refractivity contribution in [3.8, 4) is 0 Å². The average Bonchev–Trinajstić information content (AvgIpc) is 2.79. The van der Waals surface area contributed by atoms with Crippen molar-refractivity contribution in [3.05, 3.63) is 71.8 Å². The Labute approximate surface area is 237 Å². The molecule has 12 heteroatoms. The molecule has 2 aromatic carbocycles. The second-order valence-electron chi connectivity index (χ2n) is 11.1. The molecule has 220 valence electrons. The Morgan fingerprint density at radius 1 is 0.625 bits per heavy atom. The van der Waals surface area contributed by atoms with Crippen LogP contribution in [0.4, 0.5) is 9.59 Å². The molecule has 2 amide bonds. The smallest absolute Gasteiger partial charge is 0.424 e. The highest BCUT2D eigenvalue weighted by molar-refractivity contribution is 7.90. The van der Waals surface area contributed by atoms with Gasteiger partial charge < -0.3 is 9.47 Å². The van der Waals surface area contributed by atoms with E-state index in [0.29, 0.717) is 8.61 Å². The van der Waals surface area contributed by atoms with Crippen molar-refractivity contribution in [1.82, 2.24) is 8.61 Å². The van der Waals surface area contributed by atoms with Gasteiger partial charge in [-0.3, -0.25) is 0 Å². The van der Waals surface area contributed by atoms with Gasteiger partial charge in [-0.25, -0.2) is 26.4 Å². The number of hydrogen-bond acceptors (Lipinski definition) is 8. The number of amides is 2. The van der Waals surface area contributed by atoms with E-state index in [-0.39, 0.29) is 9.79 Å². The first-order valence-corrected chi connectivity index (χ1v) is 15.4. The van der Waals surface area contributed by atoms with Crippen molar-refractivity contribution in [1.29, 1.82) is 0 Å². The van der Waals surface area contributed by atoms with E-state index in [0.717, 1.165) is 11.1 Å². The van der Waals surface area contributed by atoms with E-state index in [9.17, 15) is 26.4 Å². The van der Waals surface area contributed by atoms with Crippen molar-refractivity contribution in [2.24, 2.45) is 0 Å². The molecular formula is C28H38N2O8S2. The van der Waals surface area contributed by atoms with Crippen LogP contribution in [-0.2, 0) is 29.5 Å². The van der Waals surface area contributed by atoms with Gasteiger partial charge in [0, 0.05) is 0 Å². The summed E-state index contributed by atoms with van der Waals surface area (Å²) in [6, 6.07) is 11.9. The third-order valence-electron chi connectivity index (χ3n) is 5.12. The van der Waals surface area contributed by atoms with Gasteiger partial charge in [0.15, 0.2) is 0 Å². The molecule has 40 heavy (non-hydrogen) atoms. The van der Waals surface area contributed by atoms with Crippen LogP contribution in [0.1, 0.15) is 52.7 Å². The number of aryl methyl sites for hydroxylation is 2. The molecule has 0 aliphatic heterocycles. The Morgan fingerprint density at radius 3 is 1.15 bits per heavy atom. The molecule has 0 bridgehead atoms. The molecular weight excluding hydrogens is 556 g/mol. The minimum absolute atomic E-state index is 0.116. The van der Waals surface area contributed by atoms with E-state index >= 15 is 0 Å². The van der Waals surface area contributed by atoms with Gasteiger partial charge in [0.05, 0.1) is 22.9 Å². The maximum Gasteiger partial charge on any atom is 0.424 e. The molecule has 0 fully saturated rings. The summed E-state index contributed by atoms with van der Waals surface area (Å²) < 4.78 is 65.1. The first-order chi connectivity index (χ1) is 18.2. The fourth-order valence-corrected chi connectivity index (χ4v) is 5.68. The molecule has 0 heterocycles. The summed E-state index contributed by atoms with van der Waals surface area (Å²) in [5.41, 5.74) is -0.283. The Hall–Kier alpha value is -3.38. The summed E-state index contributed by atoms with van der Waals surface area (Å²) in [5.74, 6) is 0. The molecule has 10 nitrogen and oxygen atoms in total. The molecule has 0 aliphatic carbocycles. The summed E-state index contributed by atoms with van der Waals surface area (Å²) in [7, 11) is -8.64. The van der Waals surface area contributed by atoms with Gasteiger partial charge in [0.2, 0.25) is 0 Å². The summed E-state index contributed by atoms with van der Waals surface area (Å²) in [6.07, 6.45) is 0.345. The molecule has 2 aromatic rings. The molecule has 0 N–H and O–H groups in total. The van der Waals surface area contributed by atoms with Gasteiger partial charge in [-0.15, -0.1) is 0 Å². The fourth-order valence-electron chi connectivity index (χ4n) is 3.18. The SMILES string of the molecule is Cc1ccc(S(=O)(=O)N(C/C=C\CN(C(=O)OC(C)(C)C)S(=O)(=O)c2ccc(C)cc2)C(=O)OC(C)(C)C)cc1. The quantitative estimate of drug-likeness (QED) is 0.371. The van der Waals surface area contributed by atoms with Crippen molar-refractivity contribution in [2.75, 3.05) is 13.1 Å². The second-order valence-corrected chi connectivity index (χ2v) is 14.9. The van der Waals surface area contributed by atoms with Crippen molar-refractivity contribution in [3.63, 3.8) is 0 Å². The maximum absolute atomic E-state index is 13.3. The number of nitrogens with zero attached hydrogens (tertiary/aromatic N) is 2. The Balaban J connectivity index is 2.41. The standard InChI is InChI=1S/C28H38N2O8S2/c1-21-11-15-23(16-12-21)39(33,34)29(25(31)37-27(3,4)5)19-9-10-20-30(26(32)38-28(6,7)8)40(35,36)24-17-13-22(2)14-18-24/h9-18H,19-20H2,1-8H3/b10-9-. The number of carbonyl (C=O) groups is 2. The minimum Gasteiger partial charge on any atom is -0.443 e. The highest BCUT2D eigenvalue weighted by Gasteiger charge is 2.34. The molecule has 0 saturated carbocycles. The van der Waals surface area contributed by atoms with Crippen LogP contribution in [0.3, 0.4) is 0 Å². The van der Waals surface area contributed by atoms with E-state index in [1.165, 1.54) is 36.4 Å². The highest BCUT2D eigenvalue weighted by Crippen LogP contribution is 2.22. The third kappa shape index (κ3) is 9.09. The van der Waals surface area contributed by atoms with Crippen LogP contribution in [0.5, 0.6) is 0 Å². The molecule has 0 atom stereocenters. The Kier molecular flexibility index (Phi) is 10.2. The lowest BCUT2D eigenvalue weighted by molar-refractivity contribution is 0.0387. The Morgan fingerprint density at radius 2 is 0.900 bits per heavy atom. The van der Waals surface area contributed by atoms with Crippen LogP contribution < -0.4 is 0 Å². The van der Waals surface area contributed by atoms with Crippen LogP contribution in [-0.4, -0.2) is 61.9 Å².